The van der Waals surface area contributed by atoms with Crippen LogP contribution in [-0.4, -0.2) is 36.7 Å². The third-order valence-corrected chi connectivity index (χ3v) is 3.95. The zero-order valence-electron chi connectivity index (χ0n) is 12.9. The largest absolute Gasteiger partial charge is 0.489 e. The van der Waals surface area contributed by atoms with Crippen LogP contribution in [0, 0.1) is 11.8 Å². The van der Waals surface area contributed by atoms with Gasteiger partial charge in [-0.05, 0) is 55.7 Å². The minimum Gasteiger partial charge on any atom is -0.489 e. The lowest BCUT2D eigenvalue weighted by Gasteiger charge is -2.14. The second kappa shape index (κ2) is 6.89. The molecule has 3 rings (SSSR count). The molecular weight excluding hydrogens is 298 g/mol. The minimum absolute atomic E-state index is 0.371. The Balaban J connectivity index is 1.67. The Kier molecular flexibility index (Phi) is 4.69. The van der Waals surface area contributed by atoms with Crippen molar-refractivity contribution in [2.24, 2.45) is 11.8 Å². The molecule has 0 atom stereocenters. The van der Waals surface area contributed by atoms with Crippen molar-refractivity contribution in [2.75, 3.05) is 19.8 Å². The Hall–Kier alpha value is -2.24. The lowest BCUT2D eigenvalue weighted by Crippen LogP contribution is -2.29. The van der Waals surface area contributed by atoms with E-state index in [4.69, 9.17) is 14.6 Å². The molecule has 0 aliphatic heterocycles. The number of aliphatic carboxylic acids is 1. The summed E-state index contributed by atoms with van der Waals surface area (Å²) < 4.78 is 11.6. The molecule has 0 radical (unpaired) electrons. The van der Waals surface area contributed by atoms with Crippen LogP contribution in [0.5, 0.6) is 11.5 Å². The van der Waals surface area contributed by atoms with Crippen LogP contribution in [0.1, 0.15) is 36.0 Å². The number of hydrogen-bond donors (Lipinski definition) is 2. The van der Waals surface area contributed by atoms with Crippen molar-refractivity contribution >= 4 is 11.9 Å². The number of amides is 1. The van der Waals surface area contributed by atoms with Crippen LogP contribution in [-0.2, 0) is 4.79 Å². The summed E-state index contributed by atoms with van der Waals surface area (Å²) in [7, 11) is 0. The van der Waals surface area contributed by atoms with E-state index in [1.165, 1.54) is 25.7 Å². The second-order valence-electron chi connectivity index (χ2n) is 6.25. The maximum absolute atomic E-state index is 12.0. The fourth-order valence-electron chi connectivity index (χ4n) is 2.12. The molecule has 1 amide bonds. The van der Waals surface area contributed by atoms with E-state index in [9.17, 15) is 9.59 Å². The van der Waals surface area contributed by atoms with E-state index in [2.05, 4.69) is 5.32 Å². The smallest absolute Gasteiger partial charge is 0.322 e. The van der Waals surface area contributed by atoms with E-state index in [1.54, 1.807) is 18.2 Å². The number of carboxylic acid groups (broad SMARTS) is 1. The number of benzene rings is 1. The Morgan fingerprint density at radius 1 is 1.04 bits per heavy atom. The summed E-state index contributed by atoms with van der Waals surface area (Å²) in [5, 5.41) is 11.0. The maximum atomic E-state index is 12.0. The Bertz CT molecular complexity index is 593. The molecule has 0 spiro atoms. The number of hydrogen-bond acceptors (Lipinski definition) is 4. The monoisotopic (exact) mass is 319 g/mol. The SMILES string of the molecule is O=C(O)CNC(=O)c1ccc(OCC2CC2)c(OCC2CC2)c1. The van der Waals surface area contributed by atoms with Gasteiger partial charge >= 0.3 is 5.97 Å². The first-order valence-corrected chi connectivity index (χ1v) is 8.01. The lowest BCUT2D eigenvalue weighted by molar-refractivity contribution is -0.135. The van der Waals surface area contributed by atoms with E-state index in [0.717, 1.165) is 0 Å². The van der Waals surface area contributed by atoms with Crippen LogP contribution in [0.15, 0.2) is 18.2 Å². The average Bonchev–Trinajstić information content (AvgIpc) is 3.43. The highest BCUT2D eigenvalue weighted by atomic mass is 16.5. The molecule has 23 heavy (non-hydrogen) atoms. The quantitative estimate of drug-likeness (QED) is 0.728. The van der Waals surface area contributed by atoms with E-state index < -0.39 is 18.4 Å². The number of rotatable bonds is 9. The minimum atomic E-state index is -1.08. The summed E-state index contributed by atoms with van der Waals surface area (Å²) >= 11 is 0. The molecule has 0 saturated heterocycles. The molecule has 2 saturated carbocycles. The highest BCUT2D eigenvalue weighted by Crippen LogP contribution is 2.35. The molecule has 1 aromatic carbocycles. The van der Waals surface area contributed by atoms with Gasteiger partial charge in [0.2, 0.25) is 0 Å². The summed E-state index contributed by atoms with van der Waals surface area (Å²) in [6, 6.07) is 4.98. The Morgan fingerprint density at radius 2 is 1.65 bits per heavy atom. The maximum Gasteiger partial charge on any atom is 0.322 e. The Labute approximate surface area is 134 Å². The number of carbonyl (C=O) groups excluding carboxylic acids is 1. The highest BCUT2D eigenvalue weighted by Gasteiger charge is 2.25. The van der Waals surface area contributed by atoms with E-state index in [-0.39, 0.29) is 0 Å². The first kappa shape index (κ1) is 15.6. The molecular formula is C17H21NO5. The fraction of sp³-hybridized carbons (Fsp3) is 0.529. The molecule has 124 valence electrons. The summed E-state index contributed by atoms with van der Waals surface area (Å²) in [5.74, 6) is 0.916. The van der Waals surface area contributed by atoms with Crippen molar-refractivity contribution in [3.05, 3.63) is 23.8 Å². The molecule has 6 nitrogen and oxygen atoms in total. The molecule has 0 unspecified atom stereocenters. The normalized spacial score (nSPS) is 16.7. The van der Waals surface area contributed by atoms with Crippen molar-refractivity contribution in [2.45, 2.75) is 25.7 Å². The van der Waals surface area contributed by atoms with Gasteiger partial charge < -0.3 is 19.9 Å². The molecule has 0 bridgehead atoms. The Morgan fingerprint density at radius 3 is 2.22 bits per heavy atom. The van der Waals surface area contributed by atoms with E-state index >= 15 is 0 Å². The van der Waals surface area contributed by atoms with Gasteiger partial charge in [-0.1, -0.05) is 0 Å². The zero-order valence-corrected chi connectivity index (χ0v) is 12.9. The zero-order chi connectivity index (χ0) is 16.2. The number of nitrogens with one attached hydrogen (secondary N) is 1. The van der Waals surface area contributed by atoms with Crippen molar-refractivity contribution < 1.29 is 24.2 Å². The summed E-state index contributed by atoms with van der Waals surface area (Å²) in [6.07, 6.45) is 4.76. The number of carbonyl (C=O) groups is 2. The van der Waals surface area contributed by atoms with Gasteiger partial charge in [0, 0.05) is 5.56 Å². The van der Waals surface area contributed by atoms with Gasteiger partial charge in [-0.25, -0.2) is 0 Å². The fourth-order valence-corrected chi connectivity index (χ4v) is 2.12. The molecule has 2 aliphatic rings. The van der Waals surface area contributed by atoms with Gasteiger partial charge in [-0.2, -0.15) is 0 Å². The van der Waals surface area contributed by atoms with E-state index in [0.29, 0.717) is 42.1 Å². The molecule has 0 aromatic heterocycles. The van der Waals surface area contributed by atoms with Crippen LogP contribution < -0.4 is 14.8 Å². The standard InChI is InChI=1S/C17H21NO5/c19-16(20)8-18-17(21)13-5-6-14(22-9-11-1-2-11)15(7-13)23-10-12-3-4-12/h5-7,11-12H,1-4,8-10H2,(H,18,21)(H,19,20). The van der Waals surface area contributed by atoms with Crippen LogP contribution in [0.25, 0.3) is 0 Å². The average molecular weight is 319 g/mol. The third-order valence-electron chi connectivity index (χ3n) is 3.95. The van der Waals surface area contributed by atoms with Gasteiger partial charge in [0.15, 0.2) is 11.5 Å². The molecule has 2 N–H and O–H groups in total. The summed E-state index contributed by atoms with van der Waals surface area (Å²) in [4.78, 5) is 22.5. The third kappa shape index (κ3) is 4.87. The van der Waals surface area contributed by atoms with Crippen LogP contribution >= 0.6 is 0 Å². The summed E-state index contributed by atoms with van der Waals surface area (Å²) in [6.45, 7) is 0.890. The second-order valence-corrected chi connectivity index (χ2v) is 6.25. The van der Waals surface area contributed by atoms with Crippen molar-refractivity contribution in [1.82, 2.24) is 5.32 Å². The first-order valence-electron chi connectivity index (χ1n) is 8.01. The van der Waals surface area contributed by atoms with Gasteiger partial charge in [0.05, 0.1) is 13.2 Å². The van der Waals surface area contributed by atoms with Crippen molar-refractivity contribution in [1.29, 1.82) is 0 Å². The molecule has 1 aromatic rings. The summed E-state index contributed by atoms with van der Waals surface area (Å²) in [5.41, 5.74) is 0.371. The topological polar surface area (TPSA) is 84.9 Å². The van der Waals surface area contributed by atoms with Gasteiger partial charge in [0.25, 0.3) is 5.91 Å². The van der Waals surface area contributed by atoms with Gasteiger partial charge in [-0.3, -0.25) is 9.59 Å². The van der Waals surface area contributed by atoms with Gasteiger partial charge in [0.1, 0.15) is 6.54 Å². The van der Waals surface area contributed by atoms with Crippen LogP contribution in [0.2, 0.25) is 0 Å². The van der Waals surface area contributed by atoms with Crippen molar-refractivity contribution in [3.8, 4) is 11.5 Å². The molecule has 6 heteroatoms. The van der Waals surface area contributed by atoms with Crippen LogP contribution in [0.3, 0.4) is 0 Å². The van der Waals surface area contributed by atoms with Crippen LogP contribution in [0.4, 0.5) is 0 Å². The highest BCUT2D eigenvalue weighted by molar-refractivity contribution is 5.96. The van der Waals surface area contributed by atoms with Gasteiger partial charge in [-0.15, -0.1) is 0 Å². The number of carboxylic acids is 1. The lowest BCUT2D eigenvalue weighted by atomic mass is 10.2. The first-order chi connectivity index (χ1) is 11.1. The molecule has 2 fully saturated rings. The molecule has 2 aliphatic carbocycles. The predicted octanol–water partition coefficient (Wildman–Crippen LogP) is 2.08. The van der Waals surface area contributed by atoms with E-state index in [1.807, 2.05) is 0 Å². The van der Waals surface area contributed by atoms with Crippen molar-refractivity contribution in [3.63, 3.8) is 0 Å². The predicted molar refractivity (Wildman–Crippen MR) is 82.8 cm³/mol. The number of ether oxygens (including phenoxy) is 2. The molecule has 0 heterocycles.